The molecule has 13 N–H and O–H groups in total. The molecule has 71 heavy (non-hydrogen) atoms. The Labute approximate surface area is 419 Å². The summed E-state index contributed by atoms with van der Waals surface area (Å²) >= 11 is 0. The first-order valence-corrected chi connectivity index (χ1v) is 24.9. The van der Waals surface area contributed by atoms with Crippen LogP contribution in [-0.2, 0) is 28.5 Å². The van der Waals surface area contributed by atoms with Crippen LogP contribution in [0.2, 0.25) is 0 Å². The Morgan fingerprint density at radius 1 is 0.718 bits per heavy atom. The summed E-state index contributed by atoms with van der Waals surface area (Å²) in [6.07, 6.45) is 5.59. The van der Waals surface area contributed by atoms with Crippen molar-refractivity contribution in [3.05, 3.63) is 85.1 Å². The van der Waals surface area contributed by atoms with Crippen LogP contribution in [0.1, 0.15) is 85.5 Å². The molecule has 0 aromatic heterocycles. The number of carbonyl (C=O) groups is 2. The molecule has 0 aromatic carbocycles. The molecule has 0 saturated carbocycles. The monoisotopic (exact) mass is 1010 g/mol. The van der Waals surface area contributed by atoms with Gasteiger partial charge in [0.1, 0.15) is 12.2 Å². The van der Waals surface area contributed by atoms with Crippen LogP contribution in [0.15, 0.2) is 85.1 Å². The van der Waals surface area contributed by atoms with Crippen molar-refractivity contribution in [1.82, 2.24) is 10.2 Å². The Morgan fingerprint density at radius 3 is 1.89 bits per heavy atom. The van der Waals surface area contributed by atoms with Crippen molar-refractivity contribution in [2.45, 2.75) is 183 Å². The third kappa shape index (κ3) is 21.9. The van der Waals surface area contributed by atoms with Crippen molar-refractivity contribution in [2.24, 2.45) is 23.5 Å². The molecule has 0 spiro atoms. The second-order valence-electron chi connectivity index (χ2n) is 19.7. The van der Waals surface area contributed by atoms with E-state index >= 15 is 0 Å². The van der Waals surface area contributed by atoms with E-state index in [1.165, 1.54) is 0 Å². The zero-order valence-corrected chi connectivity index (χ0v) is 42.2. The van der Waals surface area contributed by atoms with E-state index in [0.29, 0.717) is 13.0 Å². The van der Waals surface area contributed by atoms with Gasteiger partial charge < -0.3 is 86.0 Å². The molecule has 2 fully saturated rings. The number of cyclic esters (lactones) is 1. The standard InChI is InChI=1S/C52H85N3O16/c1-32-20-17-15-13-11-9-7-8-10-12-14-16-18-21-39(70-51-49(65)46(53)48(64)35(4)69-51)29-43-45(50(66)54-24-19-25-55(5)6)42(61)31-52(67,71-43)30-41(60)40(59)23-22-36(56)26-37(57)27-38(58)28-44(62)68-34(3)33(2)47(32)63/h7-18,20-21,32-43,45-49,51,56-61,63-65,67H,19,22-31,53H2,1-6H3,(H,54,66)/b8-7+,11-9+,12-10+,15-13+,16-14+,20-17+,21-18+/t32-,33-,34-,35+,36+,37?,38+,39-,40+,41+,42-,43?,45+,46-,47+,48+,49-,51-,52+/m0/s1. The van der Waals surface area contributed by atoms with Crippen molar-refractivity contribution in [3.63, 3.8) is 0 Å². The van der Waals surface area contributed by atoms with Gasteiger partial charge >= 0.3 is 5.97 Å². The highest BCUT2D eigenvalue weighted by molar-refractivity contribution is 5.80. The van der Waals surface area contributed by atoms with E-state index < -0.39 is 140 Å². The third-order valence-corrected chi connectivity index (χ3v) is 13.1. The number of carbonyl (C=O) groups excluding carboxylic acids is 2. The molecule has 0 aliphatic carbocycles. The molecule has 2 unspecified atom stereocenters. The smallest absolute Gasteiger partial charge is 0.308 e. The molecule has 0 aromatic rings. The van der Waals surface area contributed by atoms with Gasteiger partial charge in [0.15, 0.2) is 12.1 Å². The summed E-state index contributed by atoms with van der Waals surface area (Å²) in [4.78, 5) is 28.5. The van der Waals surface area contributed by atoms with Crippen LogP contribution in [0.5, 0.6) is 0 Å². The number of allylic oxidation sites excluding steroid dienone is 12. The van der Waals surface area contributed by atoms with Gasteiger partial charge in [-0.3, -0.25) is 9.59 Å². The highest BCUT2D eigenvalue weighted by Gasteiger charge is 2.51. The van der Waals surface area contributed by atoms with Crippen molar-refractivity contribution in [3.8, 4) is 0 Å². The highest BCUT2D eigenvalue weighted by atomic mass is 16.7. The SMILES string of the molecule is C[C@@H]1[C@H](O)[C@@H](C)/C=C/C=C/C=C/C=C/C=C/C=C/C=C/[C@H](O[C@@H]2O[C@H](C)[C@@H](O)[C@H](N)[C@@H]2O)CC2O[C@](O)(C[C@@H](O)[C@H](O)CC[C@@H](O)CC(O)C[C@@H](O)CC(=O)O[C@H]1C)C[C@H](O)[C@H]2C(=O)NCCCN(C)C. The topological polar surface area (TPSA) is 315 Å². The van der Waals surface area contributed by atoms with Crippen LogP contribution >= 0.6 is 0 Å². The minimum Gasteiger partial charge on any atom is -0.462 e. The van der Waals surface area contributed by atoms with Gasteiger partial charge in [0.2, 0.25) is 5.91 Å². The predicted molar refractivity (Wildman–Crippen MR) is 266 cm³/mol. The zero-order chi connectivity index (χ0) is 52.8. The number of aliphatic hydroxyl groups is 10. The first-order valence-electron chi connectivity index (χ1n) is 24.9. The van der Waals surface area contributed by atoms with Gasteiger partial charge in [0, 0.05) is 37.6 Å². The molecule has 3 rings (SSSR count). The van der Waals surface area contributed by atoms with E-state index in [4.69, 9.17) is 24.7 Å². The second kappa shape index (κ2) is 31.3. The lowest BCUT2D eigenvalue weighted by atomic mass is 9.82. The van der Waals surface area contributed by atoms with E-state index in [2.05, 4.69) is 5.32 Å². The Hall–Kier alpha value is -3.48. The van der Waals surface area contributed by atoms with Gasteiger partial charge in [-0.25, -0.2) is 0 Å². The van der Waals surface area contributed by atoms with Gasteiger partial charge in [-0.1, -0.05) is 98.9 Å². The van der Waals surface area contributed by atoms with E-state index in [1.54, 1.807) is 63.3 Å². The number of nitrogens with zero attached hydrogens (tertiary/aromatic N) is 1. The number of rotatable bonds is 7. The van der Waals surface area contributed by atoms with Crippen LogP contribution < -0.4 is 11.1 Å². The molecule has 3 aliphatic heterocycles. The quantitative estimate of drug-likeness (QED) is 0.123. The summed E-state index contributed by atoms with van der Waals surface area (Å²) in [7, 11) is 3.78. The van der Waals surface area contributed by atoms with E-state index in [1.807, 2.05) is 68.5 Å². The minimum absolute atomic E-state index is 0.118. The fourth-order valence-electron chi connectivity index (χ4n) is 8.70. The number of esters is 1. The molecule has 404 valence electrons. The first-order chi connectivity index (χ1) is 33.5. The fraction of sp³-hybridized carbons (Fsp3) is 0.692. The van der Waals surface area contributed by atoms with Crippen molar-refractivity contribution < 1.29 is 79.6 Å². The molecule has 19 heteroatoms. The fourth-order valence-corrected chi connectivity index (χ4v) is 8.70. The number of aliphatic hydroxyl groups excluding tert-OH is 9. The van der Waals surface area contributed by atoms with Gasteiger partial charge in [0.25, 0.3) is 0 Å². The van der Waals surface area contributed by atoms with Gasteiger partial charge in [-0.15, -0.1) is 0 Å². The third-order valence-electron chi connectivity index (χ3n) is 13.1. The van der Waals surface area contributed by atoms with Crippen molar-refractivity contribution >= 4 is 11.9 Å². The van der Waals surface area contributed by atoms with E-state index in [9.17, 15) is 60.7 Å². The maximum Gasteiger partial charge on any atom is 0.308 e. The molecular weight excluding hydrogens is 923 g/mol. The summed E-state index contributed by atoms with van der Waals surface area (Å²) < 4.78 is 23.8. The maximum atomic E-state index is 13.8. The molecule has 19 atom stereocenters. The average molecular weight is 1010 g/mol. The molecule has 2 bridgehead atoms. The molecule has 1 amide bonds. The lowest BCUT2D eigenvalue weighted by Crippen LogP contribution is -2.62. The Kier molecular flexibility index (Phi) is 27.3. The summed E-state index contributed by atoms with van der Waals surface area (Å²) in [6.45, 7) is 7.74. The molecule has 2 saturated heterocycles. The summed E-state index contributed by atoms with van der Waals surface area (Å²) in [5, 5.41) is 113. The predicted octanol–water partition coefficient (Wildman–Crippen LogP) is 0.695. The van der Waals surface area contributed by atoms with E-state index in [0.717, 1.165) is 0 Å². The lowest BCUT2D eigenvalue weighted by molar-refractivity contribution is -0.308. The van der Waals surface area contributed by atoms with Gasteiger partial charge in [-0.05, 0) is 66.6 Å². The van der Waals surface area contributed by atoms with Crippen LogP contribution in [-0.4, -0.2) is 192 Å². The number of nitrogens with two attached hydrogens (primary N) is 1. The Balaban J connectivity index is 1.93. The molecule has 19 nitrogen and oxygen atoms in total. The van der Waals surface area contributed by atoms with Crippen LogP contribution in [0.3, 0.4) is 0 Å². The summed E-state index contributed by atoms with van der Waals surface area (Å²) in [5.74, 6) is -5.58. The normalized spacial score (nSPS) is 42.7. The number of nitrogens with one attached hydrogen (secondary N) is 1. The van der Waals surface area contributed by atoms with Crippen LogP contribution in [0, 0.1) is 17.8 Å². The number of hydrogen-bond acceptors (Lipinski definition) is 18. The Morgan fingerprint density at radius 2 is 1.28 bits per heavy atom. The van der Waals surface area contributed by atoms with Crippen molar-refractivity contribution in [2.75, 3.05) is 27.2 Å². The van der Waals surface area contributed by atoms with Crippen molar-refractivity contribution in [1.29, 1.82) is 0 Å². The van der Waals surface area contributed by atoms with Crippen LogP contribution in [0.25, 0.3) is 0 Å². The van der Waals surface area contributed by atoms with Gasteiger partial charge in [-0.2, -0.15) is 0 Å². The lowest BCUT2D eigenvalue weighted by Gasteiger charge is -2.46. The average Bonchev–Trinajstić information content (AvgIpc) is 3.28. The molecular formula is C52H85N3O16. The molecule has 3 heterocycles. The van der Waals surface area contributed by atoms with E-state index in [-0.39, 0.29) is 44.6 Å². The largest absolute Gasteiger partial charge is 0.462 e. The number of ether oxygens (including phenoxy) is 4. The van der Waals surface area contributed by atoms with Gasteiger partial charge in [0.05, 0.1) is 85.5 Å². The zero-order valence-electron chi connectivity index (χ0n) is 42.2. The number of amides is 1. The molecule has 0 radical (unpaired) electrons. The summed E-state index contributed by atoms with van der Waals surface area (Å²) in [6, 6.07) is -1.13. The highest BCUT2D eigenvalue weighted by Crippen LogP contribution is 2.38. The first kappa shape index (κ1) is 61.8. The van der Waals surface area contributed by atoms with Crippen LogP contribution in [0.4, 0.5) is 0 Å². The Bertz CT molecular complexity index is 1790. The molecule has 3 aliphatic rings. The second-order valence-corrected chi connectivity index (χ2v) is 19.7. The summed E-state index contributed by atoms with van der Waals surface area (Å²) in [5.41, 5.74) is 6.11. The minimum atomic E-state index is -2.29. The maximum absolute atomic E-state index is 13.8. The number of fused-ring (bicyclic) bond motifs is 2. The number of hydrogen-bond donors (Lipinski definition) is 12.